The average Bonchev–Trinajstić information content (AvgIpc) is 3.27. The van der Waals surface area contributed by atoms with Crippen LogP contribution in [0.15, 0.2) is 59.0 Å². The lowest BCUT2D eigenvalue weighted by Gasteiger charge is -2.06. The van der Waals surface area contributed by atoms with Crippen molar-refractivity contribution in [2.75, 3.05) is 5.32 Å². The fourth-order valence-corrected chi connectivity index (χ4v) is 2.96. The molecule has 1 N–H and O–H groups in total. The van der Waals surface area contributed by atoms with E-state index in [1.807, 2.05) is 31.3 Å². The van der Waals surface area contributed by atoms with E-state index in [0.29, 0.717) is 17.5 Å². The molecule has 0 saturated carbocycles. The number of aryl methyl sites for hydroxylation is 1. The maximum absolute atomic E-state index is 13.1. The molecule has 2 aromatic heterocycles. The molecule has 142 valence electrons. The van der Waals surface area contributed by atoms with Crippen LogP contribution in [0.3, 0.4) is 0 Å². The van der Waals surface area contributed by atoms with Crippen molar-refractivity contribution in [3.05, 3.63) is 77.0 Å². The van der Waals surface area contributed by atoms with Gasteiger partial charge in [-0.15, -0.1) is 0 Å². The number of ether oxygens (including phenoxy) is 1. The third kappa shape index (κ3) is 3.57. The number of anilines is 1. The van der Waals surface area contributed by atoms with Crippen molar-refractivity contribution >= 4 is 34.5 Å². The summed E-state index contributed by atoms with van der Waals surface area (Å²) in [6.45, 7) is 0.0466. The number of amides is 1. The summed E-state index contributed by atoms with van der Waals surface area (Å²) in [5, 5.41) is 2.89. The van der Waals surface area contributed by atoms with E-state index in [0.717, 1.165) is 17.1 Å². The predicted octanol–water partition coefficient (Wildman–Crippen LogP) is 4.79. The Bertz CT molecular complexity index is 1170. The third-order valence-corrected chi connectivity index (χ3v) is 4.46. The Hall–Kier alpha value is -3.32. The molecule has 0 aliphatic heterocycles. The minimum atomic E-state index is -0.448. The number of rotatable bonds is 5. The number of hydrogen-bond acceptors (Lipinski definition) is 4. The minimum Gasteiger partial charge on any atom is -0.484 e. The van der Waals surface area contributed by atoms with Crippen LogP contribution in [-0.4, -0.2) is 15.5 Å². The first kappa shape index (κ1) is 18.1. The average molecular weight is 400 g/mol. The number of aromatic nitrogens is 2. The number of carbonyl (C=O) groups is 1. The fourth-order valence-electron chi connectivity index (χ4n) is 2.74. The molecule has 28 heavy (non-hydrogen) atoms. The van der Waals surface area contributed by atoms with Crippen LogP contribution in [0.25, 0.3) is 11.0 Å². The summed E-state index contributed by atoms with van der Waals surface area (Å²) in [6, 6.07) is 14.6. The predicted molar refractivity (Wildman–Crippen MR) is 103 cm³/mol. The van der Waals surface area contributed by atoms with Crippen molar-refractivity contribution in [2.24, 2.45) is 7.05 Å². The molecule has 6 nitrogen and oxygen atoms in total. The molecule has 4 rings (SSSR count). The SMILES string of the molecule is Cn1c(NC(=O)c2ccc(COc3ccc(F)cc3Cl)o2)nc2ccccc21. The molecule has 0 aliphatic carbocycles. The molecule has 0 fully saturated rings. The van der Waals surface area contributed by atoms with Gasteiger partial charge in [0.05, 0.1) is 16.1 Å². The van der Waals surface area contributed by atoms with Crippen molar-refractivity contribution < 1.29 is 18.3 Å². The van der Waals surface area contributed by atoms with Gasteiger partial charge in [-0.05, 0) is 42.5 Å². The topological polar surface area (TPSA) is 69.3 Å². The molecular weight excluding hydrogens is 385 g/mol. The van der Waals surface area contributed by atoms with E-state index in [-0.39, 0.29) is 17.4 Å². The van der Waals surface area contributed by atoms with Crippen molar-refractivity contribution in [3.63, 3.8) is 0 Å². The Kier molecular flexibility index (Phi) is 4.75. The van der Waals surface area contributed by atoms with Gasteiger partial charge in [0.1, 0.15) is 23.9 Å². The number of imidazole rings is 1. The van der Waals surface area contributed by atoms with E-state index in [1.165, 1.54) is 12.1 Å². The summed E-state index contributed by atoms with van der Waals surface area (Å²) in [5.74, 6) is 0.413. The number of carbonyl (C=O) groups excluding carboxylic acids is 1. The lowest BCUT2D eigenvalue weighted by Crippen LogP contribution is -2.14. The number of hydrogen-bond donors (Lipinski definition) is 1. The third-order valence-electron chi connectivity index (χ3n) is 4.16. The largest absolute Gasteiger partial charge is 0.484 e. The van der Waals surface area contributed by atoms with Crippen LogP contribution in [0, 0.1) is 5.82 Å². The van der Waals surface area contributed by atoms with Gasteiger partial charge in [-0.25, -0.2) is 9.37 Å². The summed E-state index contributed by atoms with van der Waals surface area (Å²) < 4.78 is 25.9. The number of fused-ring (bicyclic) bond motifs is 1. The number of nitrogens with one attached hydrogen (secondary N) is 1. The summed E-state index contributed by atoms with van der Waals surface area (Å²) in [4.78, 5) is 16.9. The molecule has 1 amide bonds. The first-order chi connectivity index (χ1) is 13.5. The Balaban J connectivity index is 1.44. The minimum absolute atomic E-state index is 0.0466. The Morgan fingerprint density at radius 3 is 2.86 bits per heavy atom. The van der Waals surface area contributed by atoms with E-state index in [9.17, 15) is 9.18 Å². The smallest absolute Gasteiger partial charge is 0.293 e. The van der Waals surface area contributed by atoms with Crippen LogP contribution in [0.5, 0.6) is 5.75 Å². The highest BCUT2D eigenvalue weighted by Crippen LogP contribution is 2.26. The van der Waals surface area contributed by atoms with Crippen LogP contribution < -0.4 is 10.1 Å². The summed E-state index contributed by atoms with van der Waals surface area (Å²) in [6.07, 6.45) is 0. The molecule has 0 radical (unpaired) electrons. The van der Waals surface area contributed by atoms with Gasteiger partial charge in [-0.2, -0.15) is 0 Å². The normalized spacial score (nSPS) is 11.0. The van der Waals surface area contributed by atoms with Crippen molar-refractivity contribution in [2.45, 2.75) is 6.61 Å². The van der Waals surface area contributed by atoms with Gasteiger partial charge in [0, 0.05) is 7.05 Å². The Morgan fingerprint density at radius 2 is 2.07 bits per heavy atom. The number of para-hydroxylation sites is 2. The second-order valence-electron chi connectivity index (χ2n) is 6.07. The van der Waals surface area contributed by atoms with Gasteiger partial charge in [-0.3, -0.25) is 10.1 Å². The monoisotopic (exact) mass is 399 g/mol. The second kappa shape index (κ2) is 7.36. The number of nitrogens with zero attached hydrogens (tertiary/aromatic N) is 2. The highest BCUT2D eigenvalue weighted by atomic mass is 35.5. The van der Waals surface area contributed by atoms with Gasteiger partial charge < -0.3 is 13.7 Å². The van der Waals surface area contributed by atoms with Gasteiger partial charge >= 0.3 is 0 Å². The molecule has 0 bridgehead atoms. The summed E-state index contributed by atoms with van der Waals surface area (Å²) in [7, 11) is 1.82. The van der Waals surface area contributed by atoms with Crippen LogP contribution in [0.1, 0.15) is 16.3 Å². The maximum Gasteiger partial charge on any atom is 0.293 e. The number of halogens is 2. The molecule has 0 unspecified atom stereocenters. The molecule has 0 atom stereocenters. The van der Waals surface area contributed by atoms with Crippen molar-refractivity contribution in [1.29, 1.82) is 0 Å². The van der Waals surface area contributed by atoms with E-state index >= 15 is 0 Å². The van der Waals surface area contributed by atoms with E-state index in [4.69, 9.17) is 20.8 Å². The highest BCUT2D eigenvalue weighted by Gasteiger charge is 2.16. The lowest BCUT2D eigenvalue weighted by atomic mass is 10.3. The molecule has 2 heterocycles. The Labute approximate surface area is 164 Å². The van der Waals surface area contributed by atoms with Crippen LogP contribution in [0.4, 0.5) is 10.3 Å². The van der Waals surface area contributed by atoms with E-state index < -0.39 is 11.7 Å². The molecule has 0 aliphatic rings. The summed E-state index contributed by atoms with van der Waals surface area (Å²) in [5.41, 5.74) is 1.69. The quantitative estimate of drug-likeness (QED) is 0.524. The van der Waals surface area contributed by atoms with Crippen LogP contribution >= 0.6 is 11.6 Å². The Morgan fingerprint density at radius 1 is 1.25 bits per heavy atom. The van der Waals surface area contributed by atoms with Gasteiger partial charge in [0.15, 0.2) is 5.76 Å². The zero-order chi connectivity index (χ0) is 19.7. The first-order valence-corrected chi connectivity index (χ1v) is 8.78. The molecule has 8 heteroatoms. The van der Waals surface area contributed by atoms with Crippen molar-refractivity contribution in [1.82, 2.24) is 9.55 Å². The zero-order valence-electron chi connectivity index (χ0n) is 14.8. The zero-order valence-corrected chi connectivity index (χ0v) is 15.5. The maximum atomic E-state index is 13.1. The van der Waals surface area contributed by atoms with Crippen LogP contribution in [-0.2, 0) is 13.7 Å². The van der Waals surface area contributed by atoms with Gasteiger partial charge in [0.2, 0.25) is 5.95 Å². The number of benzene rings is 2. The van der Waals surface area contributed by atoms with Crippen LogP contribution in [0.2, 0.25) is 5.02 Å². The van der Waals surface area contributed by atoms with Crippen molar-refractivity contribution in [3.8, 4) is 5.75 Å². The lowest BCUT2D eigenvalue weighted by molar-refractivity contribution is 0.0991. The standard InChI is InChI=1S/C20H15ClFN3O3/c1-25-16-5-3-2-4-15(16)23-20(25)24-19(26)18-9-7-13(28-18)11-27-17-8-6-12(22)10-14(17)21/h2-10H,11H2,1H3,(H,23,24,26). The second-order valence-corrected chi connectivity index (χ2v) is 6.47. The molecule has 2 aromatic carbocycles. The van der Waals surface area contributed by atoms with E-state index in [1.54, 1.807) is 16.7 Å². The first-order valence-electron chi connectivity index (χ1n) is 8.40. The molecule has 4 aromatic rings. The number of furan rings is 1. The molecule has 0 saturated heterocycles. The molecule has 0 spiro atoms. The van der Waals surface area contributed by atoms with Gasteiger partial charge in [0.25, 0.3) is 5.91 Å². The highest BCUT2D eigenvalue weighted by molar-refractivity contribution is 6.32. The fraction of sp³-hybridized carbons (Fsp3) is 0.100. The molecular formula is C20H15ClFN3O3. The summed E-state index contributed by atoms with van der Waals surface area (Å²) >= 11 is 5.92. The van der Waals surface area contributed by atoms with E-state index in [2.05, 4.69) is 10.3 Å². The van der Waals surface area contributed by atoms with Gasteiger partial charge in [-0.1, -0.05) is 23.7 Å².